The van der Waals surface area contributed by atoms with E-state index in [0.29, 0.717) is 22.7 Å². The summed E-state index contributed by atoms with van der Waals surface area (Å²) in [5, 5.41) is 0. The summed E-state index contributed by atoms with van der Waals surface area (Å²) in [5.41, 5.74) is 18.1. The first kappa shape index (κ1) is 25.0. The number of anilines is 4. The zero-order valence-corrected chi connectivity index (χ0v) is 22.1. The van der Waals surface area contributed by atoms with Gasteiger partial charge >= 0.3 is 0 Å². The van der Waals surface area contributed by atoms with Crippen molar-refractivity contribution in [3.8, 4) is 22.3 Å². The van der Waals surface area contributed by atoms with Crippen LogP contribution in [0.2, 0.25) is 0 Å². The molecule has 8 heteroatoms. The zero-order valence-electron chi connectivity index (χ0n) is 22.1. The van der Waals surface area contributed by atoms with Crippen molar-refractivity contribution in [3.63, 3.8) is 0 Å². The van der Waals surface area contributed by atoms with Crippen LogP contribution in [-0.2, 0) is 0 Å². The number of carbonyl (C=O) groups excluding carboxylic acids is 4. The fourth-order valence-electron chi connectivity index (χ4n) is 5.56. The largest absolute Gasteiger partial charge is 0.398 e. The van der Waals surface area contributed by atoms with E-state index >= 15 is 0 Å². The number of benzene rings is 5. The molecule has 4 N–H and O–H groups in total. The topological polar surface area (TPSA) is 127 Å². The first-order valence-corrected chi connectivity index (χ1v) is 13.2. The van der Waals surface area contributed by atoms with Crippen LogP contribution >= 0.6 is 0 Å². The van der Waals surface area contributed by atoms with E-state index in [0.717, 1.165) is 32.1 Å². The van der Waals surface area contributed by atoms with Crippen molar-refractivity contribution in [2.45, 2.75) is 0 Å². The lowest BCUT2D eigenvalue weighted by atomic mass is 9.99. The van der Waals surface area contributed by atoms with E-state index in [-0.39, 0.29) is 22.3 Å². The average molecular weight is 551 g/mol. The lowest BCUT2D eigenvalue weighted by molar-refractivity contribution is 0.0909. The van der Waals surface area contributed by atoms with Gasteiger partial charge in [0.15, 0.2) is 0 Å². The molecule has 8 nitrogen and oxygen atoms in total. The molecule has 5 aromatic carbocycles. The average Bonchev–Trinajstić information content (AvgIpc) is 3.41. The Labute approximate surface area is 240 Å². The van der Waals surface area contributed by atoms with E-state index in [1.165, 1.54) is 0 Å². The molecular formula is C34H22N4O4. The minimum atomic E-state index is -0.465. The monoisotopic (exact) mass is 550 g/mol. The van der Waals surface area contributed by atoms with Crippen LogP contribution in [0.4, 0.5) is 22.7 Å². The number of imide groups is 2. The molecule has 0 radical (unpaired) electrons. The van der Waals surface area contributed by atoms with E-state index in [2.05, 4.69) is 0 Å². The van der Waals surface area contributed by atoms with E-state index in [9.17, 15) is 19.2 Å². The van der Waals surface area contributed by atoms with Gasteiger partial charge in [0, 0.05) is 22.5 Å². The molecule has 7 rings (SSSR count). The van der Waals surface area contributed by atoms with Gasteiger partial charge in [0.1, 0.15) is 0 Å². The number of nitrogen functional groups attached to an aromatic ring is 2. The first-order valence-electron chi connectivity index (χ1n) is 13.2. The maximum atomic E-state index is 13.4. The number of carbonyl (C=O) groups is 4. The van der Waals surface area contributed by atoms with Crippen molar-refractivity contribution < 1.29 is 19.2 Å². The second-order valence-corrected chi connectivity index (χ2v) is 10.1. The van der Waals surface area contributed by atoms with Crippen molar-refractivity contribution in [2.24, 2.45) is 0 Å². The van der Waals surface area contributed by atoms with Gasteiger partial charge in [-0.05, 0) is 71.8 Å². The van der Waals surface area contributed by atoms with E-state index < -0.39 is 23.6 Å². The summed E-state index contributed by atoms with van der Waals surface area (Å²) in [6, 6.07) is 30.9. The van der Waals surface area contributed by atoms with Gasteiger partial charge in [-0.1, -0.05) is 48.5 Å². The minimum absolute atomic E-state index is 0.278. The molecular weight excluding hydrogens is 528 g/mol. The number of para-hydroxylation sites is 2. The van der Waals surface area contributed by atoms with Gasteiger partial charge in [-0.2, -0.15) is 0 Å². The van der Waals surface area contributed by atoms with Crippen LogP contribution in [0.5, 0.6) is 0 Å². The molecule has 4 amide bonds. The van der Waals surface area contributed by atoms with Gasteiger partial charge in [0.05, 0.1) is 33.6 Å². The molecule has 0 saturated carbocycles. The molecule has 0 atom stereocenters. The van der Waals surface area contributed by atoms with Crippen LogP contribution in [0.15, 0.2) is 109 Å². The highest BCUT2D eigenvalue weighted by Gasteiger charge is 2.39. The van der Waals surface area contributed by atoms with Crippen molar-refractivity contribution >= 4 is 46.4 Å². The minimum Gasteiger partial charge on any atom is -0.398 e. The molecule has 0 saturated heterocycles. The molecule has 0 fully saturated rings. The SMILES string of the molecule is Nc1ccccc1-c1ccc2c(c1)C(=O)N(c1ccc(N3C(=O)c4ccc(-c5ccccc5N)cc4C3=O)cc1)C2=O. The number of nitrogens with two attached hydrogens (primary N) is 2. The van der Waals surface area contributed by atoms with Gasteiger partial charge in [0.2, 0.25) is 0 Å². The third kappa shape index (κ3) is 3.70. The fraction of sp³-hybridized carbons (Fsp3) is 0. The van der Waals surface area contributed by atoms with E-state index in [1.807, 2.05) is 36.4 Å². The zero-order chi connectivity index (χ0) is 29.1. The lowest BCUT2D eigenvalue weighted by Gasteiger charge is -2.17. The summed E-state index contributed by atoms with van der Waals surface area (Å²) in [4.78, 5) is 55.4. The number of hydrogen-bond donors (Lipinski definition) is 2. The molecule has 5 aromatic rings. The van der Waals surface area contributed by atoms with Crippen LogP contribution in [0.3, 0.4) is 0 Å². The Morgan fingerprint density at radius 2 is 0.738 bits per heavy atom. The maximum absolute atomic E-state index is 13.4. The van der Waals surface area contributed by atoms with Crippen molar-refractivity contribution in [2.75, 3.05) is 21.3 Å². The number of nitrogens with zero attached hydrogens (tertiary/aromatic N) is 2. The maximum Gasteiger partial charge on any atom is 0.266 e. The summed E-state index contributed by atoms with van der Waals surface area (Å²) in [7, 11) is 0. The molecule has 42 heavy (non-hydrogen) atoms. The van der Waals surface area contributed by atoms with Crippen LogP contribution < -0.4 is 21.3 Å². The smallest absolute Gasteiger partial charge is 0.266 e. The molecule has 0 spiro atoms. The van der Waals surface area contributed by atoms with Crippen LogP contribution in [-0.4, -0.2) is 23.6 Å². The van der Waals surface area contributed by atoms with Gasteiger partial charge in [-0.25, -0.2) is 9.80 Å². The summed E-state index contributed by atoms with van der Waals surface area (Å²) in [6.45, 7) is 0. The molecule has 0 bridgehead atoms. The highest BCUT2D eigenvalue weighted by Crippen LogP contribution is 2.36. The number of fused-ring (bicyclic) bond motifs is 2. The Kier molecular flexibility index (Phi) is 5.52. The predicted molar refractivity (Wildman–Crippen MR) is 161 cm³/mol. The van der Waals surface area contributed by atoms with E-state index in [1.54, 1.807) is 72.8 Å². The van der Waals surface area contributed by atoms with Crippen LogP contribution in [0.1, 0.15) is 41.4 Å². The van der Waals surface area contributed by atoms with Gasteiger partial charge in [-0.15, -0.1) is 0 Å². The normalized spacial score (nSPS) is 14.0. The quantitative estimate of drug-likeness (QED) is 0.216. The molecule has 0 aliphatic carbocycles. The Bertz CT molecular complexity index is 1850. The van der Waals surface area contributed by atoms with Crippen molar-refractivity contribution in [1.29, 1.82) is 0 Å². The standard InChI is InChI=1S/C34H22N4O4/c35-29-7-3-1-5-23(29)19-9-15-25-27(17-19)33(41)37(31(25)39)21-11-13-22(14-12-21)38-32(40)26-16-10-20(18-28(26)34(38)42)24-6-2-4-8-30(24)36/h1-18H,35-36H2. The summed E-state index contributed by atoms with van der Waals surface area (Å²) < 4.78 is 0. The fourth-order valence-corrected chi connectivity index (χ4v) is 5.56. The van der Waals surface area contributed by atoms with Crippen LogP contribution in [0, 0.1) is 0 Å². The molecule has 2 aliphatic rings. The second-order valence-electron chi connectivity index (χ2n) is 10.1. The number of hydrogen-bond acceptors (Lipinski definition) is 6. The van der Waals surface area contributed by atoms with Gasteiger partial charge < -0.3 is 11.5 Å². The highest BCUT2D eigenvalue weighted by atomic mass is 16.2. The Morgan fingerprint density at radius 1 is 0.381 bits per heavy atom. The number of rotatable bonds is 4. The van der Waals surface area contributed by atoms with Gasteiger partial charge in [-0.3, -0.25) is 19.2 Å². The summed E-state index contributed by atoms with van der Waals surface area (Å²) in [5.74, 6) is -1.84. The molecule has 202 valence electrons. The van der Waals surface area contributed by atoms with Crippen LogP contribution in [0.25, 0.3) is 22.3 Å². The second kappa shape index (κ2) is 9.28. The van der Waals surface area contributed by atoms with Gasteiger partial charge in [0.25, 0.3) is 23.6 Å². The predicted octanol–water partition coefficient (Wildman–Crippen LogP) is 5.79. The molecule has 2 aliphatic heterocycles. The Morgan fingerprint density at radius 3 is 1.12 bits per heavy atom. The lowest BCUT2D eigenvalue weighted by Crippen LogP contribution is -2.30. The van der Waals surface area contributed by atoms with E-state index in [4.69, 9.17) is 11.5 Å². The Balaban J connectivity index is 1.17. The Hall–Kier alpha value is -6.02. The van der Waals surface area contributed by atoms with Crippen molar-refractivity contribution in [1.82, 2.24) is 0 Å². The third-order valence-electron chi connectivity index (χ3n) is 7.68. The third-order valence-corrected chi connectivity index (χ3v) is 7.68. The summed E-state index contributed by atoms with van der Waals surface area (Å²) >= 11 is 0. The summed E-state index contributed by atoms with van der Waals surface area (Å²) in [6.07, 6.45) is 0. The number of amides is 4. The molecule has 0 unspecified atom stereocenters. The first-order chi connectivity index (χ1) is 20.3. The highest BCUT2D eigenvalue weighted by molar-refractivity contribution is 6.36. The van der Waals surface area contributed by atoms with Crippen molar-refractivity contribution in [3.05, 3.63) is 131 Å². The molecule has 2 heterocycles. The molecule has 0 aromatic heterocycles.